The molecule has 3 aliphatic rings. The monoisotopic (exact) mass is 1420 g/mol. The fourth-order valence-electron chi connectivity index (χ4n) is 13.4. The summed E-state index contributed by atoms with van der Waals surface area (Å²) in [6, 6.07) is -4.38. The largest absolute Gasteiger partial charge is 0.394 e. The highest BCUT2D eigenvalue weighted by Gasteiger charge is 2.50. The van der Waals surface area contributed by atoms with Crippen LogP contribution in [0.3, 0.4) is 0 Å². The van der Waals surface area contributed by atoms with E-state index in [1.165, 1.54) is 20.8 Å². The van der Waals surface area contributed by atoms with E-state index in [1.807, 2.05) is 74.1 Å². The topological polar surface area (TPSA) is 471 Å². The average Bonchev–Trinajstić information content (AvgIpc) is 0.770. The maximum Gasteiger partial charge on any atom is 0.246 e. The quantitative estimate of drug-likeness (QED) is 0.0306. The van der Waals surface area contributed by atoms with E-state index in [0.717, 1.165) is 0 Å². The molecule has 0 aromatic carbocycles. The third-order valence-electron chi connectivity index (χ3n) is 17.4. The van der Waals surface area contributed by atoms with Gasteiger partial charge in [-0.05, 0) is 123 Å². The molecule has 16 unspecified atom stereocenters. The lowest BCUT2D eigenvalue weighted by atomic mass is 9.73. The van der Waals surface area contributed by atoms with Gasteiger partial charge in [-0.25, -0.2) is 0 Å². The van der Waals surface area contributed by atoms with Crippen LogP contribution in [0.1, 0.15) is 186 Å². The number of carbonyl (C=O) groups excluding carboxylic acids is 8. The van der Waals surface area contributed by atoms with Gasteiger partial charge in [0.25, 0.3) is 0 Å². The first-order valence-electron chi connectivity index (χ1n) is 34.9. The molecular formula is C67H122N8O24. The average molecular weight is 1420 g/mol. The zero-order valence-corrected chi connectivity index (χ0v) is 60.6. The predicted molar refractivity (Wildman–Crippen MR) is 358 cm³/mol. The third kappa shape index (κ3) is 30.5. The van der Waals surface area contributed by atoms with Crippen molar-refractivity contribution < 1.29 is 117 Å². The first-order chi connectivity index (χ1) is 46.3. The first kappa shape index (κ1) is 88.3. The Morgan fingerprint density at radius 1 is 0.444 bits per heavy atom. The highest BCUT2D eigenvalue weighted by atomic mass is 16.7. The Morgan fingerprint density at radius 3 is 1.11 bits per heavy atom. The Morgan fingerprint density at radius 2 is 0.788 bits per heavy atom. The lowest BCUT2D eigenvalue weighted by Crippen LogP contribution is -2.65. The number of ether oxygens (including phenoxy) is 7. The summed E-state index contributed by atoms with van der Waals surface area (Å²) in [5.41, 5.74) is -3.30. The second-order valence-electron chi connectivity index (χ2n) is 29.5. The minimum Gasteiger partial charge on any atom is -0.394 e. The molecule has 3 saturated heterocycles. The minimum absolute atomic E-state index is 0.0322. The lowest BCUT2D eigenvalue weighted by Gasteiger charge is -2.54. The van der Waals surface area contributed by atoms with Gasteiger partial charge in [-0.15, -0.1) is 0 Å². The molecule has 16 N–H and O–H groups in total. The molecule has 3 heterocycles. The molecule has 0 aromatic heterocycles. The van der Waals surface area contributed by atoms with E-state index in [1.54, 1.807) is 0 Å². The maximum absolute atomic E-state index is 15.8. The van der Waals surface area contributed by atoms with Crippen LogP contribution in [0.15, 0.2) is 0 Å². The molecule has 574 valence electrons. The van der Waals surface area contributed by atoms with E-state index in [2.05, 4.69) is 37.2 Å². The summed E-state index contributed by atoms with van der Waals surface area (Å²) in [4.78, 5) is 107. The van der Waals surface area contributed by atoms with Gasteiger partial charge in [0.2, 0.25) is 47.3 Å². The van der Waals surface area contributed by atoms with Crippen molar-refractivity contribution in [2.75, 3.05) is 65.9 Å². The number of nitrogens with one attached hydrogen (secondary N) is 7. The molecular weight excluding hydrogens is 1300 g/mol. The Labute approximate surface area is 583 Å². The third-order valence-corrected chi connectivity index (χ3v) is 17.4. The van der Waals surface area contributed by atoms with Crippen molar-refractivity contribution in [3.8, 4) is 0 Å². The Bertz CT molecular complexity index is 2390. The molecule has 3 aliphatic heterocycles. The first-order valence-corrected chi connectivity index (χ1v) is 34.9. The summed E-state index contributed by atoms with van der Waals surface area (Å²) >= 11 is 0. The molecule has 0 bridgehead atoms. The molecule has 0 radical (unpaired) electrons. The van der Waals surface area contributed by atoms with Crippen molar-refractivity contribution in [3.05, 3.63) is 0 Å². The number of carbonyl (C=O) groups is 8. The van der Waals surface area contributed by atoms with Gasteiger partial charge in [0.05, 0.1) is 32.5 Å². The molecule has 8 amide bonds. The van der Waals surface area contributed by atoms with Crippen molar-refractivity contribution in [1.82, 2.24) is 42.1 Å². The lowest BCUT2D eigenvalue weighted by molar-refractivity contribution is -0.270. The smallest absolute Gasteiger partial charge is 0.246 e. The standard InChI is InChI=1S/C67H122N8O24/c1-39(2)93-31-26-50(85)74-43(22-14-18-27-68-47(82)23-15-19-28-94-61-51(71-40(3)79)57(89)54(86)44(32-76)97-61)60(92)75(66(10,11)35-64(6,7)37-69-48(83)24-16-20-29-95-62-52(72-41(4)80)58(90)55(87)45(33-77)98-62)67(12,13)36-65(8,9)38-70-49(84)25-17-21-30-96-63-53(73-42(5)81)59(91)56(88)46(34-78)99-63/h39,43-46,51-59,61-63,76-78,86-91H,14-38H2,1-13H3,(H,68,82)(H,69,83)(H,70,84)(H,71,79)(H,72,80)(H,73,81)(H,74,85). The Balaban J connectivity index is 1.78. The number of unbranched alkanes of at least 4 members (excludes halogenated alkanes) is 4. The van der Waals surface area contributed by atoms with Gasteiger partial charge in [-0.1, -0.05) is 27.7 Å². The van der Waals surface area contributed by atoms with Gasteiger partial charge < -0.3 is 121 Å². The van der Waals surface area contributed by atoms with E-state index in [9.17, 15) is 79.5 Å². The number of nitrogens with zero attached hydrogens (tertiary/aromatic N) is 1. The number of hydrogen-bond acceptors (Lipinski definition) is 24. The summed E-state index contributed by atoms with van der Waals surface area (Å²) in [6.45, 7) is 22.2. The zero-order valence-electron chi connectivity index (χ0n) is 60.6. The van der Waals surface area contributed by atoms with E-state index >= 15 is 4.79 Å². The van der Waals surface area contributed by atoms with Gasteiger partial charge in [-0.2, -0.15) is 0 Å². The van der Waals surface area contributed by atoms with Crippen LogP contribution in [-0.4, -0.2) is 279 Å². The van der Waals surface area contributed by atoms with Crippen LogP contribution in [0.2, 0.25) is 0 Å². The highest BCUT2D eigenvalue weighted by Crippen LogP contribution is 2.41. The van der Waals surface area contributed by atoms with Crippen LogP contribution in [0, 0.1) is 10.8 Å². The van der Waals surface area contributed by atoms with Crippen LogP contribution < -0.4 is 37.2 Å². The number of hydrogen-bond donors (Lipinski definition) is 16. The number of rotatable bonds is 45. The van der Waals surface area contributed by atoms with E-state index in [-0.39, 0.29) is 108 Å². The van der Waals surface area contributed by atoms with Gasteiger partial charge in [0, 0.05) is 97.0 Å². The predicted octanol–water partition coefficient (Wildman–Crippen LogP) is -1.58. The number of amides is 8. The normalized spacial score (nSPS) is 26.4. The van der Waals surface area contributed by atoms with E-state index in [4.69, 9.17) is 33.2 Å². The van der Waals surface area contributed by atoms with Crippen molar-refractivity contribution in [3.63, 3.8) is 0 Å². The summed E-state index contributed by atoms with van der Waals surface area (Å²) in [7, 11) is 0. The maximum atomic E-state index is 15.8. The van der Waals surface area contributed by atoms with Crippen molar-refractivity contribution in [2.24, 2.45) is 10.8 Å². The molecule has 0 aromatic rings. The molecule has 0 spiro atoms. The summed E-state index contributed by atoms with van der Waals surface area (Å²) in [6.07, 6.45) is -11.6. The molecule has 3 fully saturated rings. The van der Waals surface area contributed by atoms with Crippen LogP contribution in [-0.2, 0) is 71.5 Å². The summed E-state index contributed by atoms with van der Waals surface area (Å²) in [5.74, 6) is -3.02. The van der Waals surface area contributed by atoms with Gasteiger partial charge >= 0.3 is 0 Å². The van der Waals surface area contributed by atoms with Crippen LogP contribution in [0.5, 0.6) is 0 Å². The fraction of sp³-hybridized carbons (Fsp3) is 0.881. The van der Waals surface area contributed by atoms with Gasteiger partial charge in [-0.3, -0.25) is 38.4 Å². The van der Waals surface area contributed by atoms with Crippen molar-refractivity contribution in [2.45, 2.75) is 301 Å². The zero-order chi connectivity index (χ0) is 74.6. The molecule has 32 heteroatoms. The van der Waals surface area contributed by atoms with Crippen LogP contribution >= 0.6 is 0 Å². The SMILES string of the molecule is CC(=O)NC1C(OCCCCC(=O)NCCCCC(NC(=O)CCOC(C)C)C(=O)N(C(C)(C)CC(C)(C)CNC(=O)CCCCOC2OC(CO)C(O)C(O)C2NC(C)=O)C(C)(C)CC(C)(C)CNC(=O)CCCCOC2OC(CO)C(O)C(O)C2NC(C)=O)OC(CO)C(O)C1O. The van der Waals surface area contributed by atoms with Gasteiger partial charge in [0.15, 0.2) is 18.9 Å². The van der Waals surface area contributed by atoms with E-state index in [0.29, 0.717) is 64.2 Å². The Kier molecular flexibility index (Phi) is 38.1. The molecule has 99 heavy (non-hydrogen) atoms. The number of aliphatic hydroxyl groups is 9. The number of aliphatic hydroxyl groups excluding tert-OH is 9. The van der Waals surface area contributed by atoms with Crippen LogP contribution in [0.4, 0.5) is 0 Å². The van der Waals surface area contributed by atoms with E-state index < -0.39 is 163 Å². The molecule has 0 saturated carbocycles. The summed E-state index contributed by atoms with van der Waals surface area (Å²) in [5, 5.41) is 112. The van der Waals surface area contributed by atoms with Gasteiger partial charge in [0.1, 0.15) is 79.1 Å². The van der Waals surface area contributed by atoms with Crippen molar-refractivity contribution >= 4 is 47.3 Å². The molecule has 3 rings (SSSR count). The Hall–Kier alpha value is -4.88. The second kappa shape index (κ2) is 42.6. The fourth-order valence-corrected chi connectivity index (χ4v) is 13.4. The molecule has 32 nitrogen and oxygen atoms in total. The minimum atomic E-state index is -1.47. The molecule has 0 aliphatic carbocycles. The van der Waals surface area contributed by atoms with Crippen LogP contribution in [0.25, 0.3) is 0 Å². The summed E-state index contributed by atoms with van der Waals surface area (Å²) < 4.78 is 40.0. The second-order valence-corrected chi connectivity index (χ2v) is 29.5. The highest BCUT2D eigenvalue weighted by molar-refractivity contribution is 5.88. The molecule has 16 atom stereocenters. The van der Waals surface area contributed by atoms with Crippen molar-refractivity contribution in [1.29, 1.82) is 0 Å².